The Kier molecular flexibility index (Phi) is 3.43. The number of hydrogen-bond acceptors (Lipinski definition) is 3. The number of hydrogen-bond donors (Lipinski definition) is 2. The lowest BCUT2D eigenvalue weighted by atomic mass is 10.0. The zero-order chi connectivity index (χ0) is 10.7. The molecule has 0 radical (unpaired) electrons. The highest BCUT2D eigenvalue weighted by atomic mass is 19.1. The number of nitrogens with two attached hydrogens (primary N) is 1. The molecule has 0 saturated heterocycles. The molecule has 0 fully saturated rings. The third-order valence-electron chi connectivity index (χ3n) is 2.08. The van der Waals surface area contributed by atoms with Crippen molar-refractivity contribution in [3.05, 3.63) is 29.6 Å². The van der Waals surface area contributed by atoms with Gasteiger partial charge in [-0.25, -0.2) is 4.39 Å². The number of halogens is 1. The van der Waals surface area contributed by atoms with Crippen molar-refractivity contribution in [2.45, 2.75) is 19.1 Å². The topological polar surface area (TPSA) is 55.5 Å². The highest BCUT2D eigenvalue weighted by molar-refractivity contribution is 5.32. The van der Waals surface area contributed by atoms with Crippen LogP contribution in [0.15, 0.2) is 18.2 Å². The average molecular weight is 199 g/mol. The SMILES string of the molecule is COc1ccc(F)c([C@@H](N)[C@@H](C)O)c1. The molecule has 1 rings (SSSR count). The van der Waals surface area contributed by atoms with Crippen molar-refractivity contribution in [2.24, 2.45) is 5.73 Å². The van der Waals surface area contributed by atoms with Crippen LogP contribution in [0.5, 0.6) is 5.75 Å². The molecule has 1 aromatic rings. The first-order valence-corrected chi connectivity index (χ1v) is 4.33. The number of benzene rings is 1. The van der Waals surface area contributed by atoms with Gasteiger partial charge in [-0.3, -0.25) is 0 Å². The first-order valence-electron chi connectivity index (χ1n) is 4.33. The quantitative estimate of drug-likeness (QED) is 0.769. The molecule has 0 bridgehead atoms. The molecule has 0 heterocycles. The van der Waals surface area contributed by atoms with E-state index in [-0.39, 0.29) is 5.56 Å². The Morgan fingerprint density at radius 2 is 2.14 bits per heavy atom. The summed E-state index contributed by atoms with van der Waals surface area (Å²) in [6.45, 7) is 1.52. The van der Waals surface area contributed by atoms with Gasteiger partial charge in [0.05, 0.1) is 19.3 Å². The van der Waals surface area contributed by atoms with Crippen LogP contribution >= 0.6 is 0 Å². The van der Waals surface area contributed by atoms with Gasteiger partial charge in [0.2, 0.25) is 0 Å². The summed E-state index contributed by atoms with van der Waals surface area (Å²) in [5, 5.41) is 9.23. The summed E-state index contributed by atoms with van der Waals surface area (Å²) in [6, 6.07) is 3.54. The van der Waals surface area contributed by atoms with E-state index in [9.17, 15) is 9.50 Å². The summed E-state index contributed by atoms with van der Waals surface area (Å²) < 4.78 is 18.2. The van der Waals surface area contributed by atoms with Gasteiger partial charge in [-0.05, 0) is 25.1 Å². The van der Waals surface area contributed by atoms with Gasteiger partial charge < -0.3 is 15.6 Å². The van der Waals surface area contributed by atoms with Gasteiger partial charge in [-0.1, -0.05) is 0 Å². The number of aliphatic hydroxyl groups excluding tert-OH is 1. The maximum absolute atomic E-state index is 13.3. The van der Waals surface area contributed by atoms with Gasteiger partial charge >= 0.3 is 0 Å². The van der Waals surface area contributed by atoms with E-state index in [4.69, 9.17) is 10.5 Å². The van der Waals surface area contributed by atoms with Crippen LogP contribution in [0.1, 0.15) is 18.5 Å². The zero-order valence-electron chi connectivity index (χ0n) is 8.20. The van der Waals surface area contributed by atoms with Crippen molar-refractivity contribution in [1.82, 2.24) is 0 Å². The van der Waals surface area contributed by atoms with Crippen LogP contribution in [0.25, 0.3) is 0 Å². The summed E-state index contributed by atoms with van der Waals surface area (Å²) in [5.41, 5.74) is 5.88. The molecule has 0 aliphatic rings. The summed E-state index contributed by atoms with van der Waals surface area (Å²) in [7, 11) is 1.49. The van der Waals surface area contributed by atoms with Crippen LogP contribution in [0.3, 0.4) is 0 Å². The maximum atomic E-state index is 13.3. The van der Waals surface area contributed by atoms with E-state index in [1.807, 2.05) is 0 Å². The molecule has 0 saturated carbocycles. The minimum Gasteiger partial charge on any atom is -0.497 e. The second-order valence-corrected chi connectivity index (χ2v) is 3.15. The molecule has 0 unspecified atom stereocenters. The molecular formula is C10H14FNO2. The maximum Gasteiger partial charge on any atom is 0.128 e. The Morgan fingerprint density at radius 1 is 1.50 bits per heavy atom. The van der Waals surface area contributed by atoms with E-state index < -0.39 is 18.0 Å². The van der Waals surface area contributed by atoms with Crippen molar-refractivity contribution < 1.29 is 14.2 Å². The van der Waals surface area contributed by atoms with E-state index in [1.54, 1.807) is 0 Å². The lowest BCUT2D eigenvalue weighted by molar-refractivity contribution is 0.162. The largest absolute Gasteiger partial charge is 0.497 e. The van der Waals surface area contributed by atoms with Crippen LogP contribution < -0.4 is 10.5 Å². The van der Waals surface area contributed by atoms with Crippen molar-refractivity contribution in [3.63, 3.8) is 0 Å². The van der Waals surface area contributed by atoms with Gasteiger partial charge in [0.25, 0.3) is 0 Å². The Labute approximate surface area is 82.3 Å². The molecule has 0 aliphatic carbocycles. The number of methoxy groups -OCH3 is 1. The summed E-state index contributed by atoms with van der Waals surface area (Å²) in [6.07, 6.45) is -0.795. The van der Waals surface area contributed by atoms with Crippen molar-refractivity contribution >= 4 is 0 Å². The molecule has 2 atom stereocenters. The highest BCUT2D eigenvalue weighted by Gasteiger charge is 2.16. The minimum absolute atomic E-state index is 0.263. The molecule has 3 N–H and O–H groups in total. The van der Waals surface area contributed by atoms with E-state index in [0.717, 1.165) is 0 Å². The second kappa shape index (κ2) is 4.39. The number of ether oxygens (including phenoxy) is 1. The Bertz CT molecular complexity index is 315. The van der Waals surface area contributed by atoms with Crippen LogP contribution in [0.2, 0.25) is 0 Å². The molecule has 0 amide bonds. The van der Waals surface area contributed by atoms with E-state index in [2.05, 4.69) is 0 Å². The summed E-state index contributed by atoms with van der Waals surface area (Å²) >= 11 is 0. The lowest BCUT2D eigenvalue weighted by Gasteiger charge is -2.16. The van der Waals surface area contributed by atoms with E-state index in [0.29, 0.717) is 5.75 Å². The molecular weight excluding hydrogens is 185 g/mol. The van der Waals surface area contributed by atoms with Gasteiger partial charge in [-0.15, -0.1) is 0 Å². The van der Waals surface area contributed by atoms with Crippen molar-refractivity contribution in [3.8, 4) is 5.75 Å². The summed E-state index contributed by atoms with van der Waals surface area (Å²) in [4.78, 5) is 0. The van der Waals surface area contributed by atoms with Gasteiger partial charge in [0.15, 0.2) is 0 Å². The third kappa shape index (κ3) is 2.21. The molecule has 1 aromatic carbocycles. The van der Waals surface area contributed by atoms with Crippen LogP contribution in [0.4, 0.5) is 4.39 Å². The van der Waals surface area contributed by atoms with Gasteiger partial charge in [-0.2, -0.15) is 0 Å². The Morgan fingerprint density at radius 3 is 2.64 bits per heavy atom. The van der Waals surface area contributed by atoms with E-state index >= 15 is 0 Å². The summed E-state index contributed by atoms with van der Waals surface area (Å²) in [5.74, 6) is 0.0942. The van der Waals surface area contributed by atoms with Crippen LogP contribution in [0, 0.1) is 5.82 Å². The van der Waals surface area contributed by atoms with Crippen LogP contribution in [-0.2, 0) is 0 Å². The van der Waals surface area contributed by atoms with Gasteiger partial charge in [0, 0.05) is 5.56 Å². The number of rotatable bonds is 3. The fraction of sp³-hybridized carbons (Fsp3) is 0.400. The van der Waals surface area contributed by atoms with E-state index in [1.165, 1.54) is 32.2 Å². The predicted octanol–water partition coefficient (Wildman–Crippen LogP) is 1.21. The highest BCUT2D eigenvalue weighted by Crippen LogP contribution is 2.22. The second-order valence-electron chi connectivity index (χ2n) is 3.15. The Balaban J connectivity index is 3.05. The zero-order valence-corrected chi connectivity index (χ0v) is 8.20. The molecule has 4 heteroatoms. The normalized spacial score (nSPS) is 14.9. The molecule has 0 aromatic heterocycles. The van der Waals surface area contributed by atoms with Crippen LogP contribution in [-0.4, -0.2) is 18.3 Å². The Hall–Kier alpha value is -1.13. The van der Waals surface area contributed by atoms with Crippen molar-refractivity contribution in [2.75, 3.05) is 7.11 Å². The molecule has 0 aliphatic heterocycles. The first-order chi connectivity index (χ1) is 6.56. The molecule has 3 nitrogen and oxygen atoms in total. The number of aliphatic hydroxyl groups is 1. The molecule has 14 heavy (non-hydrogen) atoms. The standard InChI is InChI=1S/C10H14FNO2/c1-6(13)10(12)8-5-7(14-2)3-4-9(8)11/h3-6,10,13H,12H2,1-2H3/t6-,10+/m1/s1. The fourth-order valence-corrected chi connectivity index (χ4v) is 1.16. The van der Waals surface area contributed by atoms with Crippen molar-refractivity contribution in [1.29, 1.82) is 0 Å². The minimum atomic E-state index is -0.795. The first kappa shape index (κ1) is 10.9. The molecule has 78 valence electrons. The fourth-order valence-electron chi connectivity index (χ4n) is 1.16. The monoisotopic (exact) mass is 199 g/mol. The van der Waals surface area contributed by atoms with Gasteiger partial charge in [0.1, 0.15) is 11.6 Å². The molecule has 0 spiro atoms. The smallest absolute Gasteiger partial charge is 0.128 e. The predicted molar refractivity (Wildman–Crippen MR) is 51.6 cm³/mol. The average Bonchev–Trinajstić information content (AvgIpc) is 2.17. The third-order valence-corrected chi connectivity index (χ3v) is 2.08. The lowest BCUT2D eigenvalue weighted by Crippen LogP contribution is -2.24.